The lowest BCUT2D eigenvalue weighted by molar-refractivity contribution is 0.129. The molecule has 0 radical (unpaired) electrons. The van der Waals surface area contributed by atoms with Crippen LogP contribution in [-0.2, 0) is 4.74 Å². The smallest absolute Gasteiger partial charge is 0.190 e. The Morgan fingerprint density at radius 2 is 1.89 bits per heavy atom. The van der Waals surface area contributed by atoms with E-state index in [1.54, 1.807) is 0 Å². The third-order valence-electron chi connectivity index (χ3n) is 3.09. The van der Waals surface area contributed by atoms with Gasteiger partial charge >= 0.3 is 0 Å². The van der Waals surface area contributed by atoms with E-state index >= 15 is 0 Å². The summed E-state index contributed by atoms with van der Waals surface area (Å²) in [6, 6.07) is 6.09. The van der Waals surface area contributed by atoms with Crippen LogP contribution in [0.4, 0.5) is 0 Å². The highest BCUT2D eigenvalue weighted by Crippen LogP contribution is 2.51. The Bertz CT molecular complexity index is 652. The minimum atomic E-state index is -1.34. The Labute approximate surface area is 115 Å². The Morgan fingerprint density at radius 1 is 1.16 bits per heavy atom. The van der Waals surface area contributed by atoms with Crippen LogP contribution in [0.5, 0.6) is 5.75 Å². The molecule has 0 fully saturated rings. The summed E-state index contributed by atoms with van der Waals surface area (Å²) in [6.45, 7) is 10.8. The highest BCUT2D eigenvalue weighted by atomic mass is 28.3. The molecule has 19 heavy (non-hydrogen) atoms. The van der Waals surface area contributed by atoms with Gasteiger partial charge in [-0.1, -0.05) is 25.6 Å². The quantitative estimate of drug-likeness (QED) is 0.528. The van der Waals surface area contributed by atoms with Crippen molar-refractivity contribution in [1.29, 1.82) is 0 Å². The molecular formula is C16H18O2Si. The van der Waals surface area contributed by atoms with Crippen LogP contribution in [0.3, 0.4) is 0 Å². The van der Waals surface area contributed by atoms with Gasteiger partial charge in [-0.3, -0.25) is 0 Å². The zero-order valence-corrected chi connectivity index (χ0v) is 13.0. The fourth-order valence-electron chi connectivity index (χ4n) is 2.11. The summed E-state index contributed by atoms with van der Waals surface area (Å²) in [5.41, 5.74) is 5.11. The van der Waals surface area contributed by atoms with Crippen LogP contribution in [0.2, 0.25) is 19.6 Å². The van der Waals surface area contributed by atoms with Gasteiger partial charge in [0.2, 0.25) is 0 Å². The fourth-order valence-corrected chi connectivity index (χ4v) is 2.62. The lowest BCUT2D eigenvalue weighted by atomic mass is 10.0. The minimum absolute atomic E-state index is 0.339. The van der Waals surface area contributed by atoms with Gasteiger partial charge in [0.05, 0.1) is 5.56 Å². The molecule has 1 aromatic carbocycles. The van der Waals surface area contributed by atoms with Crippen LogP contribution in [-0.4, -0.2) is 13.7 Å². The average Bonchev–Trinajstić information content (AvgIpc) is 3.06. The third kappa shape index (κ3) is 2.28. The Kier molecular flexibility index (Phi) is 2.39. The first kappa shape index (κ1) is 12.4. The average molecular weight is 270 g/mol. The molecule has 0 bridgehead atoms. The maximum atomic E-state index is 5.95. The van der Waals surface area contributed by atoms with E-state index < -0.39 is 8.07 Å². The summed E-state index contributed by atoms with van der Waals surface area (Å²) in [6.07, 6.45) is 0. The first-order valence-corrected chi connectivity index (χ1v) is 10.1. The van der Waals surface area contributed by atoms with Gasteiger partial charge in [0.25, 0.3) is 0 Å². The molecule has 0 amide bonds. The summed E-state index contributed by atoms with van der Waals surface area (Å²) in [5.74, 6) is 6.09. The molecule has 0 N–H and O–H groups in total. The van der Waals surface area contributed by atoms with E-state index in [4.69, 9.17) is 9.47 Å². The van der Waals surface area contributed by atoms with E-state index in [0.29, 0.717) is 0 Å². The maximum Gasteiger partial charge on any atom is 0.190 e. The fraction of sp³-hybridized carbons (Fsp3) is 0.375. The Balaban J connectivity index is 1.99. The van der Waals surface area contributed by atoms with Gasteiger partial charge in [0.1, 0.15) is 13.8 Å². The second-order valence-electron chi connectivity index (χ2n) is 6.58. The second kappa shape index (κ2) is 3.67. The van der Waals surface area contributed by atoms with Gasteiger partial charge in [-0.25, -0.2) is 0 Å². The standard InChI is InChI=1S/C16H18O2Si/c1-16(2)15-14(17-15)12-10-11(6-7-13(12)18-16)8-9-19(3,4)5/h6-7,10H,1-5H3. The molecule has 2 heterocycles. The molecule has 2 aliphatic rings. The van der Waals surface area contributed by atoms with Crippen molar-refractivity contribution in [2.75, 3.05) is 0 Å². The van der Waals surface area contributed by atoms with Crippen molar-refractivity contribution in [3.63, 3.8) is 0 Å². The van der Waals surface area contributed by atoms with E-state index in [9.17, 15) is 0 Å². The van der Waals surface area contributed by atoms with E-state index in [1.807, 2.05) is 26.0 Å². The molecule has 0 atom stereocenters. The van der Waals surface area contributed by atoms with Crippen molar-refractivity contribution in [2.45, 2.75) is 39.1 Å². The van der Waals surface area contributed by atoms with Crippen LogP contribution in [0.25, 0.3) is 5.76 Å². The van der Waals surface area contributed by atoms with E-state index in [2.05, 4.69) is 37.2 Å². The van der Waals surface area contributed by atoms with Crippen LogP contribution in [0.1, 0.15) is 25.0 Å². The molecule has 0 aliphatic carbocycles. The predicted octanol–water partition coefficient (Wildman–Crippen LogP) is 3.79. The van der Waals surface area contributed by atoms with Crippen molar-refractivity contribution >= 4 is 13.8 Å². The molecule has 0 saturated heterocycles. The predicted molar refractivity (Wildman–Crippen MR) is 79.4 cm³/mol. The lowest BCUT2D eigenvalue weighted by Crippen LogP contribution is -2.28. The number of rotatable bonds is 0. The molecule has 0 spiro atoms. The first-order chi connectivity index (χ1) is 8.76. The molecule has 0 aromatic heterocycles. The molecule has 3 heteroatoms. The van der Waals surface area contributed by atoms with Gasteiger partial charge < -0.3 is 9.47 Å². The number of ether oxygens (including phenoxy) is 2. The lowest BCUT2D eigenvalue weighted by Gasteiger charge is -2.24. The van der Waals surface area contributed by atoms with Crippen molar-refractivity contribution in [1.82, 2.24) is 0 Å². The van der Waals surface area contributed by atoms with Crippen LogP contribution < -0.4 is 4.74 Å². The summed E-state index contributed by atoms with van der Waals surface area (Å²) in [4.78, 5) is 0. The van der Waals surface area contributed by atoms with Gasteiger partial charge in [-0.15, -0.1) is 5.54 Å². The third-order valence-corrected chi connectivity index (χ3v) is 3.96. The van der Waals surface area contributed by atoms with E-state index in [0.717, 1.165) is 28.4 Å². The van der Waals surface area contributed by atoms with Gasteiger partial charge in [0.15, 0.2) is 17.1 Å². The Hall–Kier alpha value is -1.66. The molecule has 3 rings (SSSR count). The van der Waals surface area contributed by atoms with Gasteiger partial charge in [0, 0.05) is 5.56 Å². The number of benzene rings is 1. The van der Waals surface area contributed by atoms with Gasteiger partial charge in [-0.05, 0) is 32.0 Å². The topological polar surface area (TPSA) is 21.8 Å². The molecule has 2 nitrogen and oxygen atoms in total. The molecule has 0 unspecified atom stereocenters. The second-order valence-corrected chi connectivity index (χ2v) is 11.3. The summed E-state index contributed by atoms with van der Waals surface area (Å²) < 4.78 is 11.5. The number of fused-ring (bicyclic) bond motifs is 2. The first-order valence-electron chi connectivity index (χ1n) is 6.55. The van der Waals surface area contributed by atoms with Gasteiger partial charge in [-0.2, -0.15) is 0 Å². The zero-order valence-electron chi connectivity index (χ0n) is 12.0. The monoisotopic (exact) mass is 270 g/mol. The largest absolute Gasteiger partial charge is 0.479 e. The number of hydrogen-bond donors (Lipinski definition) is 0. The minimum Gasteiger partial charge on any atom is -0.479 e. The van der Waals surface area contributed by atoms with Crippen LogP contribution in [0, 0.1) is 11.5 Å². The molecule has 98 valence electrons. The molecular weight excluding hydrogens is 252 g/mol. The highest BCUT2D eigenvalue weighted by molar-refractivity contribution is 6.83. The molecule has 0 saturated carbocycles. The summed E-state index contributed by atoms with van der Waals surface area (Å²) in [5, 5.41) is 0. The normalized spacial score (nSPS) is 18.4. The zero-order chi connectivity index (χ0) is 13.8. The molecule has 2 aliphatic heterocycles. The van der Waals surface area contributed by atoms with Crippen molar-refractivity contribution in [2.24, 2.45) is 0 Å². The molecule has 1 aromatic rings. The maximum absolute atomic E-state index is 5.95. The van der Waals surface area contributed by atoms with E-state index in [1.165, 1.54) is 0 Å². The summed E-state index contributed by atoms with van der Waals surface area (Å²) in [7, 11) is -1.34. The van der Waals surface area contributed by atoms with Crippen molar-refractivity contribution in [3.8, 4) is 17.2 Å². The summed E-state index contributed by atoms with van der Waals surface area (Å²) >= 11 is 0. The van der Waals surface area contributed by atoms with Crippen LogP contribution in [0.15, 0.2) is 24.0 Å². The SMILES string of the molecule is CC1(C)Oc2ccc(C#C[Si](C)(C)C)cc2C2=C1O2. The van der Waals surface area contributed by atoms with E-state index in [-0.39, 0.29) is 5.60 Å². The number of hydrogen-bond acceptors (Lipinski definition) is 2. The van der Waals surface area contributed by atoms with Crippen molar-refractivity contribution < 1.29 is 9.47 Å². The van der Waals surface area contributed by atoms with Crippen molar-refractivity contribution in [3.05, 3.63) is 35.1 Å². The highest BCUT2D eigenvalue weighted by Gasteiger charge is 2.47. The Morgan fingerprint density at radius 3 is 2.58 bits per heavy atom. The van der Waals surface area contributed by atoms with Crippen LogP contribution >= 0.6 is 0 Å².